The second-order valence-electron chi connectivity index (χ2n) is 5.47. The van der Waals surface area contributed by atoms with Gasteiger partial charge < -0.3 is 0 Å². The van der Waals surface area contributed by atoms with E-state index < -0.39 is 4.92 Å². The van der Waals surface area contributed by atoms with Crippen molar-refractivity contribution >= 4 is 22.8 Å². The standard InChI is InChI=1S/C20H17N3O2/c1-16(17-12-14-20(15-13-17)23(24)25)21-22(18-8-4-2-5-9-18)19-10-6-3-7-11-19/h2-15H,1H3/b21-16+. The van der Waals surface area contributed by atoms with E-state index in [0.717, 1.165) is 22.6 Å². The molecule has 0 atom stereocenters. The van der Waals surface area contributed by atoms with E-state index >= 15 is 0 Å². The third kappa shape index (κ3) is 3.90. The fraction of sp³-hybridized carbons (Fsp3) is 0.0500. The molecule has 0 amide bonds. The maximum Gasteiger partial charge on any atom is 0.269 e. The molecule has 124 valence electrons. The molecule has 0 radical (unpaired) electrons. The Kier molecular flexibility index (Phi) is 4.85. The molecular formula is C20H17N3O2. The largest absolute Gasteiger partial charge is 0.269 e. The molecule has 0 aliphatic carbocycles. The Morgan fingerprint density at radius 2 is 1.32 bits per heavy atom. The summed E-state index contributed by atoms with van der Waals surface area (Å²) in [5.41, 5.74) is 3.55. The van der Waals surface area contributed by atoms with Gasteiger partial charge in [-0.05, 0) is 48.9 Å². The van der Waals surface area contributed by atoms with Gasteiger partial charge >= 0.3 is 0 Å². The minimum Gasteiger partial charge on any atom is -0.258 e. The summed E-state index contributed by atoms with van der Waals surface area (Å²) in [6, 6.07) is 26.1. The lowest BCUT2D eigenvalue weighted by atomic mass is 10.1. The van der Waals surface area contributed by atoms with Gasteiger partial charge in [0, 0.05) is 12.1 Å². The van der Waals surface area contributed by atoms with Crippen LogP contribution < -0.4 is 5.01 Å². The van der Waals surface area contributed by atoms with Crippen molar-refractivity contribution in [1.82, 2.24) is 0 Å². The first kappa shape index (κ1) is 16.4. The molecule has 0 N–H and O–H groups in total. The van der Waals surface area contributed by atoms with Crippen LogP contribution in [-0.2, 0) is 0 Å². The van der Waals surface area contributed by atoms with Gasteiger partial charge in [-0.2, -0.15) is 5.10 Å². The molecular weight excluding hydrogens is 314 g/mol. The van der Waals surface area contributed by atoms with Crippen molar-refractivity contribution in [3.63, 3.8) is 0 Å². The van der Waals surface area contributed by atoms with Crippen LogP contribution in [0.5, 0.6) is 0 Å². The maximum absolute atomic E-state index is 10.8. The quantitative estimate of drug-likeness (QED) is 0.369. The lowest BCUT2D eigenvalue weighted by Crippen LogP contribution is -2.12. The van der Waals surface area contributed by atoms with E-state index in [1.54, 1.807) is 12.1 Å². The molecule has 0 bridgehead atoms. The Morgan fingerprint density at radius 3 is 1.76 bits per heavy atom. The average Bonchev–Trinajstić information content (AvgIpc) is 2.67. The molecule has 5 heteroatoms. The average molecular weight is 331 g/mol. The van der Waals surface area contributed by atoms with Crippen LogP contribution in [0.25, 0.3) is 0 Å². The monoisotopic (exact) mass is 331 g/mol. The first-order valence-electron chi connectivity index (χ1n) is 7.85. The maximum atomic E-state index is 10.8. The van der Waals surface area contributed by atoms with Crippen molar-refractivity contribution in [2.24, 2.45) is 5.10 Å². The number of hydrogen-bond acceptors (Lipinski definition) is 4. The van der Waals surface area contributed by atoms with Gasteiger partial charge in [0.25, 0.3) is 5.69 Å². The molecule has 0 saturated carbocycles. The molecule has 3 aromatic carbocycles. The highest BCUT2D eigenvalue weighted by atomic mass is 16.6. The summed E-state index contributed by atoms with van der Waals surface area (Å²) >= 11 is 0. The van der Waals surface area contributed by atoms with Gasteiger partial charge in [0.1, 0.15) is 0 Å². The Bertz CT molecular complexity index is 836. The van der Waals surface area contributed by atoms with E-state index in [2.05, 4.69) is 0 Å². The molecule has 3 aromatic rings. The summed E-state index contributed by atoms with van der Waals surface area (Å²) in [6.45, 7) is 1.89. The van der Waals surface area contributed by atoms with Gasteiger partial charge in [-0.25, -0.2) is 5.01 Å². The molecule has 0 aliphatic rings. The number of benzene rings is 3. The lowest BCUT2D eigenvalue weighted by Gasteiger charge is -2.20. The van der Waals surface area contributed by atoms with Gasteiger partial charge in [-0.1, -0.05) is 36.4 Å². The van der Waals surface area contributed by atoms with Crippen molar-refractivity contribution in [2.75, 3.05) is 5.01 Å². The van der Waals surface area contributed by atoms with Crippen LogP contribution in [0.3, 0.4) is 0 Å². The molecule has 0 aromatic heterocycles. The number of hydrogen-bond donors (Lipinski definition) is 0. The van der Waals surface area contributed by atoms with Crippen molar-refractivity contribution in [3.05, 3.63) is 101 Å². The number of non-ortho nitro benzene ring substituents is 1. The van der Waals surface area contributed by atoms with Crippen LogP contribution in [0.2, 0.25) is 0 Å². The third-order valence-corrected chi connectivity index (χ3v) is 3.75. The molecule has 0 heterocycles. The molecule has 0 unspecified atom stereocenters. The van der Waals surface area contributed by atoms with E-state index in [1.807, 2.05) is 72.6 Å². The zero-order valence-electron chi connectivity index (χ0n) is 13.7. The van der Waals surface area contributed by atoms with Gasteiger partial charge in [-0.3, -0.25) is 10.1 Å². The SMILES string of the molecule is C/C(=N\N(c1ccccc1)c1ccccc1)c1ccc([N+](=O)[O-])cc1. The first-order chi connectivity index (χ1) is 12.1. The number of para-hydroxylation sites is 2. The summed E-state index contributed by atoms with van der Waals surface area (Å²) in [4.78, 5) is 10.4. The Labute approximate surface area is 146 Å². The third-order valence-electron chi connectivity index (χ3n) is 3.75. The van der Waals surface area contributed by atoms with Gasteiger partial charge in [0.2, 0.25) is 0 Å². The number of hydrazone groups is 1. The molecule has 0 aliphatic heterocycles. The van der Waals surface area contributed by atoms with Gasteiger partial charge in [0.15, 0.2) is 0 Å². The van der Waals surface area contributed by atoms with Crippen LogP contribution in [0.15, 0.2) is 90.0 Å². The molecule has 25 heavy (non-hydrogen) atoms. The number of nitro groups is 1. The second kappa shape index (κ2) is 7.40. The Morgan fingerprint density at radius 1 is 0.840 bits per heavy atom. The van der Waals surface area contributed by atoms with E-state index in [9.17, 15) is 10.1 Å². The normalized spacial score (nSPS) is 11.2. The molecule has 5 nitrogen and oxygen atoms in total. The minimum atomic E-state index is -0.406. The summed E-state index contributed by atoms with van der Waals surface area (Å²) in [6.07, 6.45) is 0. The Balaban J connectivity index is 1.99. The molecule has 3 rings (SSSR count). The fourth-order valence-corrected chi connectivity index (χ4v) is 2.44. The van der Waals surface area contributed by atoms with E-state index in [0.29, 0.717) is 0 Å². The number of anilines is 2. The van der Waals surface area contributed by atoms with Crippen molar-refractivity contribution in [2.45, 2.75) is 6.92 Å². The number of nitro benzene ring substituents is 1. The highest BCUT2D eigenvalue weighted by Gasteiger charge is 2.10. The summed E-state index contributed by atoms with van der Waals surface area (Å²) < 4.78 is 0. The Hall–Kier alpha value is -3.47. The van der Waals surface area contributed by atoms with Crippen molar-refractivity contribution in [3.8, 4) is 0 Å². The smallest absolute Gasteiger partial charge is 0.258 e. The first-order valence-corrected chi connectivity index (χ1v) is 7.85. The van der Waals surface area contributed by atoms with Gasteiger partial charge in [-0.15, -0.1) is 0 Å². The predicted octanol–water partition coefficient (Wildman–Crippen LogP) is 5.16. The number of rotatable bonds is 5. The van der Waals surface area contributed by atoms with Gasteiger partial charge in [0.05, 0.1) is 22.0 Å². The summed E-state index contributed by atoms with van der Waals surface area (Å²) in [7, 11) is 0. The van der Waals surface area contributed by atoms with E-state index in [1.165, 1.54) is 12.1 Å². The van der Waals surface area contributed by atoms with E-state index in [-0.39, 0.29) is 5.69 Å². The number of nitrogens with zero attached hydrogens (tertiary/aromatic N) is 3. The van der Waals surface area contributed by atoms with Crippen molar-refractivity contribution < 1.29 is 4.92 Å². The zero-order chi connectivity index (χ0) is 17.6. The van der Waals surface area contributed by atoms with Crippen LogP contribution >= 0.6 is 0 Å². The molecule has 0 fully saturated rings. The predicted molar refractivity (Wildman–Crippen MR) is 100 cm³/mol. The summed E-state index contributed by atoms with van der Waals surface area (Å²) in [5, 5.41) is 17.4. The highest BCUT2D eigenvalue weighted by molar-refractivity contribution is 5.99. The highest BCUT2D eigenvalue weighted by Crippen LogP contribution is 2.26. The summed E-state index contributed by atoms with van der Waals surface area (Å²) in [5.74, 6) is 0. The van der Waals surface area contributed by atoms with Crippen LogP contribution in [-0.4, -0.2) is 10.6 Å². The molecule has 0 spiro atoms. The second-order valence-corrected chi connectivity index (χ2v) is 5.47. The van der Waals surface area contributed by atoms with Crippen LogP contribution in [0.4, 0.5) is 17.1 Å². The zero-order valence-corrected chi connectivity index (χ0v) is 13.7. The fourth-order valence-electron chi connectivity index (χ4n) is 2.44. The lowest BCUT2D eigenvalue weighted by molar-refractivity contribution is -0.384. The minimum absolute atomic E-state index is 0.0690. The van der Waals surface area contributed by atoms with E-state index in [4.69, 9.17) is 5.10 Å². The topological polar surface area (TPSA) is 58.7 Å². The van der Waals surface area contributed by atoms with Crippen molar-refractivity contribution in [1.29, 1.82) is 0 Å². The van der Waals surface area contributed by atoms with Crippen LogP contribution in [0, 0.1) is 10.1 Å². The van der Waals surface area contributed by atoms with Crippen LogP contribution in [0.1, 0.15) is 12.5 Å². The molecule has 0 saturated heterocycles.